The summed E-state index contributed by atoms with van der Waals surface area (Å²) in [6.07, 6.45) is 0.965. The number of nitrogens with zero attached hydrogens (tertiary/aromatic N) is 1. The summed E-state index contributed by atoms with van der Waals surface area (Å²) in [6, 6.07) is 13.1. The molecule has 3 rings (SSSR count). The van der Waals surface area contributed by atoms with Crippen molar-refractivity contribution in [2.75, 3.05) is 10.2 Å². The molecular weight excluding hydrogens is 300 g/mol. The van der Waals surface area contributed by atoms with Crippen LogP contribution in [0.4, 0.5) is 11.4 Å². The molecule has 124 valence electrons. The van der Waals surface area contributed by atoms with Crippen molar-refractivity contribution in [2.24, 2.45) is 0 Å². The summed E-state index contributed by atoms with van der Waals surface area (Å²) in [5.74, 6) is -0.332. The molecular formula is C20H22N2O2. The third kappa shape index (κ3) is 2.92. The molecule has 1 atom stereocenters. The molecule has 2 aromatic rings. The molecule has 1 heterocycles. The van der Waals surface area contributed by atoms with Gasteiger partial charge < -0.3 is 5.32 Å². The fraction of sp³-hybridized carbons (Fsp3) is 0.300. The van der Waals surface area contributed by atoms with Gasteiger partial charge in [0.15, 0.2) is 0 Å². The number of anilines is 2. The molecule has 1 fully saturated rings. The second-order valence-corrected chi connectivity index (χ2v) is 6.25. The summed E-state index contributed by atoms with van der Waals surface area (Å²) in [7, 11) is 0. The zero-order valence-corrected chi connectivity index (χ0v) is 14.3. The van der Waals surface area contributed by atoms with Crippen molar-refractivity contribution < 1.29 is 9.59 Å². The molecule has 1 N–H and O–H groups in total. The molecule has 0 spiro atoms. The van der Waals surface area contributed by atoms with E-state index in [2.05, 4.69) is 5.32 Å². The number of imide groups is 1. The molecule has 24 heavy (non-hydrogen) atoms. The lowest BCUT2D eigenvalue weighted by Crippen LogP contribution is -2.35. The number of nitrogens with one attached hydrogen (secondary N) is 1. The summed E-state index contributed by atoms with van der Waals surface area (Å²) in [6.45, 7) is 6.10. The standard InChI is InChI=1S/C20H22N2O2/c1-4-15-7-5-6-8-18(15)22-19(23)12-17(20(22)24)21-16-10-9-13(2)14(3)11-16/h5-11,17,21H,4,12H2,1-3H3. The first kappa shape index (κ1) is 16.2. The zero-order valence-electron chi connectivity index (χ0n) is 14.3. The third-order valence-electron chi connectivity index (χ3n) is 4.61. The zero-order chi connectivity index (χ0) is 17.3. The molecule has 1 aliphatic rings. The molecule has 0 aromatic heterocycles. The Morgan fingerprint density at radius 1 is 1.08 bits per heavy atom. The number of hydrogen-bond acceptors (Lipinski definition) is 3. The highest BCUT2D eigenvalue weighted by Gasteiger charge is 2.40. The van der Waals surface area contributed by atoms with Crippen LogP contribution >= 0.6 is 0 Å². The largest absolute Gasteiger partial charge is 0.373 e. The smallest absolute Gasteiger partial charge is 0.256 e. The summed E-state index contributed by atoms with van der Waals surface area (Å²) < 4.78 is 0. The van der Waals surface area contributed by atoms with Crippen molar-refractivity contribution in [3.05, 3.63) is 59.2 Å². The molecule has 0 radical (unpaired) electrons. The summed E-state index contributed by atoms with van der Waals surface area (Å²) >= 11 is 0. The third-order valence-corrected chi connectivity index (χ3v) is 4.61. The van der Waals surface area contributed by atoms with Gasteiger partial charge >= 0.3 is 0 Å². The van der Waals surface area contributed by atoms with Crippen molar-refractivity contribution in [1.82, 2.24) is 0 Å². The van der Waals surface area contributed by atoms with Gasteiger partial charge in [-0.3, -0.25) is 9.59 Å². The van der Waals surface area contributed by atoms with Gasteiger partial charge in [-0.15, -0.1) is 0 Å². The summed E-state index contributed by atoms with van der Waals surface area (Å²) in [5, 5.41) is 3.21. The van der Waals surface area contributed by atoms with Crippen LogP contribution in [0.3, 0.4) is 0 Å². The lowest BCUT2D eigenvalue weighted by Gasteiger charge is -2.19. The number of rotatable bonds is 4. The number of amides is 2. The summed E-state index contributed by atoms with van der Waals surface area (Å²) in [4.78, 5) is 26.6. The Kier molecular flexibility index (Phi) is 4.38. The van der Waals surface area contributed by atoms with E-state index >= 15 is 0 Å². The van der Waals surface area contributed by atoms with Crippen LogP contribution < -0.4 is 10.2 Å². The number of carbonyl (C=O) groups is 2. The van der Waals surface area contributed by atoms with Crippen molar-refractivity contribution in [3.63, 3.8) is 0 Å². The molecule has 2 amide bonds. The van der Waals surface area contributed by atoms with E-state index in [1.165, 1.54) is 10.5 Å². The molecule has 1 aliphatic heterocycles. The Morgan fingerprint density at radius 3 is 2.54 bits per heavy atom. The van der Waals surface area contributed by atoms with E-state index in [1.807, 2.05) is 63.2 Å². The maximum absolute atomic E-state index is 12.8. The van der Waals surface area contributed by atoms with E-state index in [-0.39, 0.29) is 18.2 Å². The predicted octanol–water partition coefficient (Wildman–Crippen LogP) is 3.61. The highest BCUT2D eigenvalue weighted by molar-refractivity contribution is 6.23. The van der Waals surface area contributed by atoms with Crippen molar-refractivity contribution in [1.29, 1.82) is 0 Å². The number of para-hydroxylation sites is 1. The van der Waals surface area contributed by atoms with Crippen LogP contribution in [0.15, 0.2) is 42.5 Å². The van der Waals surface area contributed by atoms with E-state index in [4.69, 9.17) is 0 Å². The predicted molar refractivity (Wildman–Crippen MR) is 96.3 cm³/mol. The highest BCUT2D eigenvalue weighted by atomic mass is 16.2. The maximum atomic E-state index is 12.8. The molecule has 2 aromatic carbocycles. The molecule has 1 saturated heterocycles. The van der Waals surface area contributed by atoms with Gasteiger partial charge in [0.05, 0.1) is 12.1 Å². The van der Waals surface area contributed by atoms with Gasteiger partial charge in [-0.25, -0.2) is 4.90 Å². The normalized spacial score (nSPS) is 17.5. The Bertz CT molecular complexity index is 798. The number of hydrogen-bond donors (Lipinski definition) is 1. The van der Waals surface area contributed by atoms with Crippen LogP contribution in [0.1, 0.15) is 30.0 Å². The molecule has 0 aliphatic carbocycles. The van der Waals surface area contributed by atoms with E-state index < -0.39 is 6.04 Å². The van der Waals surface area contributed by atoms with E-state index in [0.29, 0.717) is 5.69 Å². The average Bonchev–Trinajstić information content (AvgIpc) is 2.85. The minimum atomic E-state index is -0.510. The quantitative estimate of drug-likeness (QED) is 0.875. The highest BCUT2D eigenvalue weighted by Crippen LogP contribution is 2.28. The maximum Gasteiger partial charge on any atom is 0.256 e. The minimum Gasteiger partial charge on any atom is -0.373 e. The van der Waals surface area contributed by atoms with Crippen LogP contribution in [0.25, 0.3) is 0 Å². The number of benzene rings is 2. The lowest BCUT2D eigenvalue weighted by atomic mass is 10.1. The monoisotopic (exact) mass is 322 g/mol. The SMILES string of the molecule is CCc1ccccc1N1C(=O)CC(Nc2ccc(C)c(C)c2)C1=O. The second kappa shape index (κ2) is 6.48. The average molecular weight is 322 g/mol. The number of carbonyl (C=O) groups excluding carboxylic acids is 2. The summed E-state index contributed by atoms with van der Waals surface area (Å²) in [5.41, 5.74) is 4.94. The van der Waals surface area contributed by atoms with Gasteiger partial charge in [0.1, 0.15) is 6.04 Å². The molecule has 1 unspecified atom stereocenters. The topological polar surface area (TPSA) is 49.4 Å². The lowest BCUT2D eigenvalue weighted by molar-refractivity contribution is -0.121. The Balaban J connectivity index is 1.85. The first-order valence-corrected chi connectivity index (χ1v) is 8.29. The fourth-order valence-corrected chi connectivity index (χ4v) is 3.06. The van der Waals surface area contributed by atoms with Crippen LogP contribution in [0.5, 0.6) is 0 Å². The van der Waals surface area contributed by atoms with Gasteiger partial charge in [0.2, 0.25) is 5.91 Å². The van der Waals surface area contributed by atoms with Crippen LogP contribution in [-0.2, 0) is 16.0 Å². The number of aryl methyl sites for hydroxylation is 3. The molecule has 0 saturated carbocycles. The first-order valence-electron chi connectivity index (χ1n) is 8.29. The van der Waals surface area contributed by atoms with Crippen LogP contribution in [-0.4, -0.2) is 17.9 Å². The van der Waals surface area contributed by atoms with Crippen molar-refractivity contribution in [2.45, 2.75) is 39.7 Å². The Labute approximate surface area is 142 Å². The van der Waals surface area contributed by atoms with Gasteiger partial charge in [-0.1, -0.05) is 31.2 Å². The molecule has 4 nitrogen and oxygen atoms in total. The fourth-order valence-electron chi connectivity index (χ4n) is 3.06. The van der Waals surface area contributed by atoms with Crippen molar-refractivity contribution >= 4 is 23.2 Å². The Hall–Kier alpha value is -2.62. The molecule has 4 heteroatoms. The van der Waals surface area contributed by atoms with Gasteiger partial charge in [-0.05, 0) is 55.2 Å². The van der Waals surface area contributed by atoms with Crippen LogP contribution in [0.2, 0.25) is 0 Å². The molecule has 0 bridgehead atoms. The van der Waals surface area contributed by atoms with Gasteiger partial charge in [0, 0.05) is 5.69 Å². The van der Waals surface area contributed by atoms with Crippen LogP contribution in [0, 0.1) is 13.8 Å². The van der Waals surface area contributed by atoms with Gasteiger partial charge in [0.25, 0.3) is 5.91 Å². The first-order chi connectivity index (χ1) is 11.5. The van der Waals surface area contributed by atoms with E-state index in [0.717, 1.165) is 23.2 Å². The Morgan fingerprint density at radius 2 is 1.83 bits per heavy atom. The van der Waals surface area contributed by atoms with Crippen molar-refractivity contribution in [3.8, 4) is 0 Å². The second-order valence-electron chi connectivity index (χ2n) is 6.25. The van der Waals surface area contributed by atoms with Gasteiger partial charge in [-0.2, -0.15) is 0 Å². The van der Waals surface area contributed by atoms with E-state index in [9.17, 15) is 9.59 Å². The minimum absolute atomic E-state index is 0.151. The van der Waals surface area contributed by atoms with E-state index in [1.54, 1.807) is 0 Å².